The minimum absolute atomic E-state index is 0.176. The van der Waals surface area contributed by atoms with Gasteiger partial charge in [-0.25, -0.2) is 9.59 Å². The first-order chi connectivity index (χ1) is 9.49. The molecule has 7 heteroatoms. The van der Waals surface area contributed by atoms with E-state index in [1.54, 1.807) is 18.0 Å². The molecule has 2 N–H and O–H groups in total. The van der Waals surface area contributed by atoms with Crippen LogP contribution in [0.3, 0.4) is 0 Å². The number of hydrogen-bond donors (Lipinski definition) is 2. The van der Waals surface area contributed by atoms with Crippen molar-refractivity contribution in [3.8, 4) is 0 Å². The van der Waals surface area contributed by atoms with Crippen molar-refractivity contribution in [3.63, 3.8) is 0 Å². The van der Waals surface area contributed by atoms with Crippen LogP contribution in [0, 0.1) is 0 Å². The zero-order chi connectivity index (χ0) is 14.7. The molecule has 0 bridgehead atoms. The standard InChI is InChI=1S/C13H15BrN2O3S/c1-16(9-4-5-20-7-9)13(19)15-11-3-2-8(12(17)18)6-10(11)14/h2-3,6,9H,4-5,7H2,1H3,(H,15,19)(H,17,18). The van der Waals surface area contributed by atoms with Crippen molar-refractivity contribution in [2.75, 3.05) is 23.9 Å². The van der Waals surface area contributed by atoms with Crippen LogP contribution >= 0.6 is 27.7 Å². The lowest BCUT2D eigenvalue weighted by molar-refractivity contribution is 0.0697. The highest BCUT2D eigenvalue weighted by Gasteiger charge is 2.24. The molecule has 1 atom stereocenters. The molecule has 0 saturated carbocycles. The molecule has 5 nitrogen and oxygen atoms in total. The van der Waals surface area contributed by atoms with Crippen molar-refractivity contribution in [2.24, 2.45) is 0 Å². The fourth-order valence-electron chi connectivity index (χ4n) is 1.95. The van der Waals surface area contributed by atoms with Crippen molar-refractivity contribution in [2.45, 2.75) is 12.5 Å². The van der Waals surface area contributed by atoms with Crippen molar-refractivity contribution in [1.82, 2.24) is 4.90 Å². The Kier molecular flexibility index (Phi) is 4.93. The Balaban J connectivity index is 2.05. The van der Waals surface area contributed by atoms with Crippen molar-refractivity contribution < 1.29 is 14.7 Å². The van der Waals surface area contributed by atoms with E-state index < -0.39 is 5.97 Å². The Morgan fingerprint density at radius 3 is 2.80 bits per heavy atom. The van der Waals surface area contributed by atoms with E-state index >= 15 is 0 Å². The highest BCUT2D eigenvalue weighted by molar-refractivity contribution is 9.10. The van der Waals surface area contributed by atoms with Crippen LogP contribution in [0.15, 0.2) is 22.7 Å². The Labute approximate surface area is 129 Å². The van der Waals surface area contributed by atoms with Crippen LogP contribution in [0.25, 0.3) is 0 Å². The first-order valence-electron chi connectivity index (χ1n) is 6.13. The van der Waals surface area contributed by atoms with Crippen LogP contribution < -0.4 is 5.32 Å². The quantitative estimate of drug-likeness (QED) is 0.870. The summed E-state index contributed by atoms with van der Waals surface area (Å²) in [5, 5.41) is 11.7. The van der Waals surface area contributed by atoms with Crippen LogP contribution in [0.5, 0.6) is 0 Å². The molecule has 1 unspecified atom stereocenters. The molecule has 1 fully saturated rings. The second kappa shape index (κ2) is 6.49. The molecule has 1 aromatic rings. The van der Waals surface area contributed by atoms with Gasteiger partial charge in [-0.2, -0.15) is 11.8 Å². The van der Waals surface area contributed by atoms with E-state index in [-0.39, 0.29) is 17.6 Å². The average molecular weight is 359 g/mol. The second-order valence-corrected chi connectivity index (χ2v) is 6.56. The summed E-state index contributed by atoms with van der Waals surface area (Å²) in [6.07, 6.45) is 1.01. The number of halogens is 1. The van der Waals surface area contributed by atoms with Gasteiger partial charge in [-0.05, 0) is 46.3 Å². The molecule has 0 spiro atoms. The van der Waals surface area contributed by atoms with E-state index in [1.807, 2.05) is 11.8 Å². The number of carboxylic acids is 1. The normalized spacial score (nSPS) is 17.8. The van der Waals surface area contributed by atoms with E-state index in [9.17, 15) is 9.59 Å². The van der Waals surface area contributed by atoms with Crippen molar-refractivity contribution in [1.29, 1.82) is 0 Å². The van der Waals surface area contributed by atoms with E-state index in [0.29, 0.717) is 10.2 Å². The monoisotopic (exact) mass is 358 g/mol. The number of carbonyl (C=O) groups is 2. The molecule has 1 aliphatic rings. The molecule has 1 saturated heterocycles. The lowest BCUT2D eigenvalue weighted by Crippen LogP contribution is -2.39. The lowest BCUT2D eigenvalue weighted by Gasteiger charge is -2.24. The summed E-state index contributed by atoms with van der Waals surface area (Å²) >= 11 is 5.12. The number of urea groups is 1. The Bertz CT molecular complexity index is 532. The fraction of sp³-hybridized carbons (Fsp3) is 0.385. The van der Waals surface area contributed by atoms with Gasteiger partial charge < -0.3 is 15.3 Å². The summed E-state index contributed by atoms with van der Waals surface area (Å²) < 4.78 is 0.556. The summed E-state index contributed by atoms with van der Waals surface area (Å²) in [7, 11) is 1.78. The van der Waals surface area contributed by atoms with Crippen LogP contribution in [-0.2, 0) is 0 Å². The molecule has 108 valence electrons. The molecule has 0 aromatic heterocycles. The fourth-order valence-corrected chi connectivity index (χ4v) is 3.69. The van der Waals surface area contributed by atoms with Gasteiger partial charge in [0.1, 0.15) is 0 Å². The predicted octanol–water partition coefficient (Wildman–Crippen LogP) is 3.12. The van der Waals surface area contributed by atoms with Gasteiger partial charge in [-0.15, -0.1) is 0 Å². The maximum absolute atomic E-state index is 12.1. The van der Waals surface area contributed by atoms with Gasteiger partial charge in [0.2, 0.25) is 0 Å². The summed E-state index contributed by atoms with van der Waals surface area (Å²) in [5.74, 6) is 1.05. The summed E-state index contributed by atoms with van der Waals surface area (Å²) in [4.78, 5) is 24.7. The Morgan fingerprint density at radius 1 is 1.50 bits per heavy atom. The molecule has 1 aliphatic heterocycles. The van der Waals surface area contributed by atoms with E-state index in [1.165, 1.54) is 12.1 Å². The van der Waals surface area contributed by atoms with Crippen LogP contribution in [0.2, 0.25) is 0 Å². The number of hydrogen-bond acceptors (Lipinski definition) is 3. The highest BCUT2D eigenvalue weighted by Crippen LogP contribution is 2.25. The van der Waals surface area contributed by atoms with Crippen LogP contribution in [-0.4, -0.2) is 46.6 Å². The molecular weight excluding hydrogens is 344 g/mol. The smallest absolute Gasteiger partial charge is 0.335 e. The third-order valence-corrected chi connectivity index (χ3v) is 5.03. The number of benzene rings is 1. The lowest BCUT2D eigenvalue weighted by atomic mass is 10.2. The molecule has 20 heavy (non-hydrogen) atoms. The van der Waals surface area contributed by atoms with Crippen LogP contribution in [0.4, 0.5) is 10.5 Å². The number of nitrogens with one attached hydrogen (secondary N) is 1. The minimum atomic E-state index is -0.997. The zero-order valence-electron chi connectivity index (χ0n) is 10.9. The molecule has 2 rings (SSSR count). The highest BCUT2D eigenvalue weighted by atomic mass is 79.9. The van der Waals surface area contributed by atoms with Gasteiger partial charge in [0.25, 0.3) is 0 Å². The summed E-state index contributed by atoms with van der Waals surface area (Å²) in [5.41, 5.74) is 0.743. The topological polar surface area (TPSA) is 69.6 Å². The Hall–Kier alpha value is -1.21. The number of carboxylic acid groups (broad SMARTS) is 1. The first-order valence-corrected chi connectivity index (χ1v) is 8.08. The number of thioether (sulfide) groups is 1. The summed E-state index contributed by atoms with van der Waals surface area (Å²) in [6, 6.07) is 4.61. The van der Waals surface area contributed by atoms with Gasteiger partial charge in [0, 0.05) is 23.3 Å². The maximum atomic E-state index is 12.1. The number of carbonyl (C=O) groups excluding carboxylic acids is 1. The second-order valence-electron chi connectivity index (χ2n) is 4.56. The number of nitrogens with zero attached hydrogens (tertiary/aromatic N) is 1. The SMILES string of the molecule is CN(C(=O)Nc1ccc(C(=O)O)cc1Br)C1CCSC1. The third-order valence-electron chi connectivity index (χ3n) is 3.23. The van der Waals surface area contributed by atoms with Gasteiger partial charge in [0.15, 0.2) is 0 Å². The minimum Gasteiger partial charge on any atom is -0.478 e. The van der Waals surface area contributed by atoms with Crippen molar-refractivity contribution >= 4 is 45.4 Å². The first kappa shape index (κ1) is 15.2. The number of aromatic carboxylic acids is 1. The molecule has 0 aliphatic carbocycles. The van der Waals surface area contributed by atoms with Gasteiger partial charge in [-0.3, -0.25) is 0 Å². The molecule has 2 amide bonds. The molecule has 0 radical (unpaired) electrons. The number of rotatable bonds is 3. The van der Waals surface area contributed by atoms with Gasteiger partial charge >= 0.3 is 12.0 Å². The van der Waals surface area contributed by atoms with E-state index in [2.05, 4.69) is 21.2 Å². The van der Waals surface area contributed by atoms with E-state index in [4.69, 9.17) is 5.11 Å². The number of amides is 2. The zero-order valence-corrected chi connectivity index (χ0v) is 13.3. The Morgan fingerprint density at radius 2 is 2.25 bits per heavy atom. The van der Waals surface area contributed by atoms with Crippen LogP contribution in [0.1, 0.15) is 16.8 Å². The molecular formula is C13H15BrN2O3S. The van der Waals surface area contributed by atoms with Gasteiger partial charge in [0.05, 0.1) is 11.3 Å². The predicted molar refractivity (Wildman–Crippen MR) is 83.6 cm³/mol. The maximum Gasteiger partial charge on any atom is 0.335 e. The number of anilines is 1. The largest absolute Gasteiger partial charge is 0.478 e. The van der Waals surface area contributed by atoms with Gasteiger partial charge in [-0.1, -0.05) is 0 Å². The summed E-state index contributed by atoms with van der Waals surface area (Å²) in [6.45, 7) is 0. The van der Waals surface area contributed by atoms with E-state index in [0.717, 1.165) is 17.9 Å². The molecule has 1 aromatic carbocycles. The third kappa shape index (κ3) is 3.46. The van der Waals surface area contributed by atoms with Crippen molar-refractivity contribution in [3.05, 3.63) is 28.2 Å². The molecule has 1 heterocycles. The average Bonchev–Trinajstić information content (AvgIpc) is 2.93.